The highest BCUT2D eigenvalue weighted by molar-refractivity contribution is 5.90. The van der Waals surface area contributed by atoms with Crippen molar-refractivity contribution in [3.05, 3.63) is 54.1 Å². The Labute approximate surface area is 110 Å². The summed E-state index contributed by atoms with van der Waals surface area (Å²) in [7, 11) is 1.57. The van der Waals surface area contributed by atoms with Gasteiger partial charge in [-0.1, -0.05) is 18.2 Å². The molecule has 3 nitrogen and oxygen atoms in total. The minimum absolute atomic E-state index is 0.554. The van der Waals surface area contributed by atoms with Crippen LogP contribution in [-0.4, -0.2) is 13.4 Å². The van der Waals surface area contributed by atoms with Crippen LogP contribution >= 0.6 is 0 Å². The number of hydrogen-bond donors (Lipinski definition) is 0. The summed E-state index contributed by atoms with van der Waals surface area (Å²) in [5, 5.41) is 1.02. The van der Waals surface area contributed by atoms with E-state index in [-0.39, 0.29) is 0 Å². The summed E-state index contributed by atoms with van der Waals surface area (Å²) >= 11 is 0. The number of rotatable bonds is 3. The molecule has 0 aliphatic heterocycles. The van der Waals surface area contributed by atoms with Gasteiger partial charge >= 0.3 is 0 Å². The number of hydrogen-bond acceptors (Lipinski definition) is 3. The molecule has 94 valence electrons. The summed E-state index contributed by atoms with van der Waals surface area (Å²) in [4.78, 5) is 11.2. The molecule has 0 atom stereocenters. The van der Waals surface area contributed by atoms with Crippen molar-refractivity contribution >= 4 is 17.3 Å². The molecule has 0 N–H and O–H groups in total. The highest BCUT2D eigenvalue weighted by Crippen LogP contribution is 2.31. The van der Waals surface area contributed by atoms with E-state index in [9.17, 15) is 4.79 Å². The summed E-state index contributed by atoms with van der Waals surface area (Å²) in [5.41, 5.74) is 2.13. The van der Waals surface area contributed by atoms with E-state index in [2.05, 4.69) is 0 Å². The monoisotopic (exact) mass is 252 g/mol. The topological polar surface area (TPSA) is 39.4 Å². The Balaban J connectivity index is 2.17. The lowest BCUT2D eigenvalue weighted by Gasteiger charge is -2.04. The van der Waals surface area contributed by atoms with Crippen LogP contribution in [0.25, 0.3) is 22.3 Å². The molecular weight excluding hydrogens is 240 g/mol. The number of furan rings is 1. The molecule has 0 saturated carbocycles. The van der Waals surface area contributed by atoms with Gasteiger partial charge in [0.15, 0.2) is 6.29 Å². The number of benzene rings is 2. The molecule has 19 heavy (non-hydrogen) atoms. The van der Waals surface area contributed by atoms with E-state index in [1.54, 1.807) is 13.2 Å². The summed E-state index contributed by atoms with van der Waals surface area (Å²) in [6.07, 6.45) is 0.811. The van der Waals surface area contributed by atoms with Crippen molar-refractivity contribution in [3.63, 3.8) is 0 Å². The molecule has 0 amide bonds. The van der Waals surface area contributed by atoms with Crippen LogP contribution in [0, 0.1) is 0 Å². The maximum atomic E-state index is 11.2. The number of aldehydes is 1. The SMILES string of the molecule is COc1ccc(-c2cc3ccccc3o2)c(C=O)c1. The number of methoxy groups -OCH3 is 1. The summed E-state index contributed by atoms with van der Waals surface area (Å²) in [6.45, 7) is 0. The molecule has 1 aromatic heterocycles. The van der Waals surface area contributed by atoms with Crippen molar-refractivity contribution in [2.24, 2.45) is 0 Å². The molecule has 3 heteroatoms. The second-order valence-electron chi connectivity index (χ2n) is 4.22. The smallest absolute Gasteiger partial charge is 0.150 e. The Morgan fingerprint density at radius 3 is 2.68 bits per heavy atom. The van der Waals surface area contributed by atoms with Gasteiger partial charge in [-0.05, 0) is 30.3 Å². The summed E-state index contributed by atoms with van der Waals surface area (Å²) in [5.74, 6) is 1.34. The lowest BCUT2D eigenvalue weighted by atomic mass is 10.1. The molecule has 0 aliphatic carbocycles. The van der Waals surface area contributed by atoms with Crippen molar-refractivity contribution in [2.45, 2.75) is 0 Å². The molecular formula is C16H12O3. The van der Waals surface area contributed by atoms with E-state index in [0.717, 1.165) is 22.8 Å². The molecule has 0 bridgehead atoms. The molecule has 2 aromatic carbocycles. The highest BCUT2D eigenvalue weighted by Gasteiger charge is 2.11. The molecule has 3 aromatic rings. The first-order valence-electron chi connectivity index (χ1n) is 5.94. The standard InChI is InChI=1S/C16H12O3/c1-18-13-6-7-14(12(8-13)10-17)16-9-11-4-2-3-5-15(11)19-16/h2-10H,1H3. The molecule has 1 heterocycles. The second kappa shape index (κ2) is 4.61. The minimum Gasteiger partial charge on any atom is -0.497 e. The fourth-order valence-electron chi connectivity index (χ4n) is 2.10. The Morgan fingerprint density at radius 1 is 1.11 bits per heavy atom. The number of carbonyl (C=O) groups excluding carboxylic acids is 1. The van der Waals surface area contributed by atoms with E-state index >= 15 is 0 Å². The minimum atomic E-state index is 0.554. The van der Waals surface area contributed by atoms with Crippen molar-refractivity contribution in [3.8, 4) is 17.1 Å². The Kier molecular flexibility index (Phi) is 2.80. The lowest BCUT2D eigenvalue weighted by Crippen LogP contribution is -1.89. The van der Waals surface area contributed by atoms with Gasteiger partial charge in [-0.3, -0.25) is 4.79 Å². The first-order chi connectivity index (χ1) is 9.31. The predicted octanol–water partition coefficient (Wildman–Crippen LogP) is 3.92. The van der Waals surface area contributed by atoms with E-state index < -0.39 is 0 Å². The van der Waals surface area contributed by atoms with Crippen LogP contribution in [0.15, 0.2) is 52.9 Å². The van der Waals surface area contributed by atoms with Crippen LogP contribution in [0.5, 0.6) is 5.75 Å². The van der Waals surface area contributed by atoms with Gasteiger partial charge < -0.3 is 9.15 Å². The van der Waals surface area contributed by atoms with Gasteiger partial charge in [-0.15, -0.1) is 0 Å². The third kappa shape index (κ3) is 1.99. The molecule has 0 aliphatic rings. The van der Waals surface area contributed by atoms with Crippen molar-refractivity contribution in [1.29, 1.82) is 0 Å². The van der Waals surface area contributed by atoms with Crippen molar-refractivity contribution < 1.29 is 13.9 Å². The largest absolute Gasteiger partial charge is 0.497 e. The summed E-state index contributed by atoms with van der Waals surface area (Å²) < 4.78 is 10.9. The predicted molar refractivity (Wildman–Crippen MR) is 73.6 cm³/mol. The zero-order valence-corrected chi connectivity index (χ0v) is 10.4. The maximum absolute atomic E-state index is 11.2. The number of carbonyl (C=O) groups is 1. The Hall–Kier alpha value is -2.55. The maximum Gasteiger partial charge on any atom is 0.150 e. The van der Waals surface area contributed by atoms with Crippen LogP contribution in [0.2, 0.25) is 0 Å². The fraction of sp³-hybridized carbons (Fsp3) is 0.0625. The third-order valence-electron chi connectivity index (χ3n) is 3.08. The molecule has 0 spiro atoms. The molecule has 0 unspecified atom stereocenters. The first kappa shape index (κ1) is 11.5. The quantitative estimate of drug-likeness (QED) is 0.663. The number of ether oxygens (including phenoxy) is 1. The summed E-state index contributed by atoms with van der Waals surface area (Å²) in [6, 6.07) is 15.0. The van der Waals surface area contributed by atoms with Crippen LogP contribution in [0.1, 0.15) is 10.4 Å². The fourth-order valence-corrected chi connectivity index (χ4v) is 2.10. The lowest BCUT2D eigenvalue weighted by molar-refractivity contribution is 0.112. The van der Waals surface area contributed by atoms with Gasteiger partial charge in [0.2, 0.25) is 0 Å². The van der Waals surface area contributed by atoms with Gasteiger partial charge in [0.05, 0.1) is 7.11 Å². The average molecular weight is 252 g/mol. The first-order valence-corrected chi connectivity index (χ1v) is 5.94. The van der Waals surface area contributed by atoms with Gasteiger partial charge in [0.25, 0.3) is 0 Å². The third-order valence-corrected chi connectivity index (χ3v) is 3.08. The van der Waals surface area contributed by atoms with Crippen LogP contribution in [0.4, 0.5) is 0 Å². The van der Waals surface area contributed by atoms with E-state index in [0.29, 0.717) is 17.1 Å². The molecule has 0 saturated heterocycles. The van der Waals surface area contributed by atoms with E-state index in [1.807, 2.05) is 42.5 Å². The van der Waals surface area contributed by atoms with Gasteiger partial charge in [-0.2, -0.15) is 0 Å². The highest BCUT2D eigenvalue weighted by atomic mass is 16.5. The van der Waals surface area contributed by atoms with Gasteiger partial charge in [0.1, 0.15) is 17.1 Å². The number of fused-ring (bicyclic) bond motifs is 1. The van der Waals surface area contributed by atoms with E-state index in [4.69, 9.17) is 9.15 Å². The van der Waals surface area contributed by atoms with E-state index in [1.165, 1.54) is 0 Å². The van der Waals surface area contributed by atoms with Crippen molar-refractivity contribution in [1.82, 2.24) is 0 Å². The molecule has 0 fully saturated rings. The second-order valence-corrected chi connectivity index (χ2v) is 4.22. The Morgan fingerprint density at radius 2 is 1.95 bits per heavy atom. The Bertz CT molecular complexity index is 708. The zero-order chi connectivity index (χ0) is 13.2. The van der Waals surface area contributed by atoms with Crippen LogP contribution in [0.3, 0.4) is 0 Å². The molecule has 3 rings (SSSR count). The van der Waals surface area contributed by atoms with Crippen molar-refractivity contribution in [2.75, 3.05) is 7.11 Å². The van der Waals surface area contributed by atoms with Crippen LogP contribution in [-0.2, 0) is 0 Å². The van der Waals surface area contributed by atoms with Gasteiger partial charge in [0, 0.05) is 16.5 Å². The van der Waals surface area contributed by atoms with Gasteiger partial charge in [-0.25, -0.2) is 0 Å². The zero-order valence-electron chi connectivity index (χ0n) is 10.4. The van der Waals surface area contributed by atoms with Crippen LogP contribution < -0.4 is 4.74 Å². The number of para-hydroxylation sites is 1. The average Bonchev–Trinajstić information content (AvgIpc) is 2.90. The normalized spacial score (nSPS) is 10.6. The molecule has 0 radical (unpaired) electrons.